The molecule has 0 aromatic heterocycles. The molecule has 40 heavy (non-hydrogen) atoms. The Labute approximate surface area is 213 Å². The molecule has 0 aliphatic rings. The Morgan fingerprint density at radius 2 is 0.700 bits per heavy atom. The highest BCUT2D eigenvalue weighted by Crippen LogP contribution is 2.50. The lowest BCUT2D eigenvalue weighted by Gasteiger charge is -2.31. The summed E-state index contributed by atoms with van der Waals surface area (Å²) in [5.74, 6) is -44.5. The Balaban J connectivity index is -0.000000569. The fourth-order valence-electron chi connectivity index (χ4n) is 1.62. The molecule has 0 amide bonds. The van der Waals surface area contributed by atoms with E-state index in [9.17, 15) is 87.1 Å². The van der Waals surface area contributed by atoms with Gasteiger partial charge in [-0.05, 0) is 12.8 Å². The fourth-order valence-corrected chi connectivity index (χ4v) is 2.90. The van der Waals surface area contributed by atoms with E-state index in [0.717, 1.165) is 12.8 Å². The zero-order valence-electron chi connectivity index (χ0n) is 18.7. The van der Waals surface area contributed by atoms with Gasteiger partial charge in [-0.15, -0.1) is 0 Å². The predicted molar refractivity (Wildman–Crippen MR) is 97.9 cm³/mol. The van der Waals surface area contributed by atoms with E-state index >= 15 is 0 Å². The summed E-state index contributed by atoms with van der Waals surface area (Å²) in [7, 11) is -11.5. The van der Waals surface area contributed by atoms with E-state index in [1.54, 1.807) is 0 Å². The Morgan fingerprint density at radius 3 is 0.825 bits per heavy atom. The lowest BCUT2D eigenvalue weighted by Crippen LogP contribution is -2.59. The van der Waals surface area contributed by atoms with Gasteiger partial charge in [0, 0.05) is 13.2 Å². The van der Waals surface area contributed by atoms with Gasteiger partial charge in [0.15, 0.2) is 0 Å². The normalized spacial score (nSPS) is 14.4. The highest BCUT2D eigenvalue weighted by molar-refractivity contribution is 7.86. The summed E-state index contributed by atoms with van der Waals surface area (Å²) in [4.78, 5) is 0. The van der Waals surface area contributed by atoms with E-state index < -0.39 is 80.1 Å². The molecule has 0 rings (SSSR count). The summed E-state index contributed by atoms with van der Waals surface area (Å²) in [5, 5.41) is 16.2. The standard InChI is InChI=1S/2C5H4F8O3S.C4H10O2/c2*6-2(7)4(10,11)5(12,13)3(8,9)1-17(14,15)16;5-3-1-2-4-6/h2*2H,1H2,(H,14,15,16);5-6H,1-4H2. The molecule has 0 spiro atoms. The zero-order valence-corrected chi connectivity index (χ0v) is 20.3. The number of hydrogen-bond acceptors (Lipinski definition) is 6. The number of alkyl halides is 16. The van der Waals surface area contributed by atoms with Crippen LogP contribution in [0.15, 0.2) is 0 Å². The van der Waals surface area contributed by atoms with Crippen LogP contribution in [0.25, 0.3) is 0 Å². The molecule has 0 aliphatic heterocycles. The lowest BCUT2D eigenvalue weighted by atomic mass is 10.1. The lowest BCUT2D eigenvalue weighted by molar-refractivity contribution is -0.332. The van der Waals surface area contributed by atoms with Gasteiger partial charge in [0.25, 0.3) is 20.2 Å². The van der Waals surface area contributed by atoms with Gasteiger partial charge in [0.05, 0.1) is 0 Å². The van der Waals surface area contributed by atoms with Crippen molar-refractivity contribution in [2.24, 2.45) is 0 Å². The molecule has 0 aromatic carbocycles. The molecule has 0 radical (unpaired) electrons. The third-order valence-electron chi connectivity index (χ3n) is 3.60. The molecule has 0 saturated heterocycles. The van der Waals surface area contributed by atoms with E-state index in [1.807, 2.05) is 0 Å². The van der Waals surface area contributed by atoms with E-state index in [1.165, 1.54) is 0 Å². The third kappa shape index (κ3) is 12.2. The summed E-state index contributed by atoms with van der Waals surface area (Å²) in [6.45, 7) is 0.390. The summed E-state index contributed by atoms with van der Waals surface area (Å²) in [6, 6.07) is 0. The molecule has 8 nitrogen and oxygen atoms in total. The molecule has 4 N–H and O–H groups in total. The third-order valence-corrected chi connectivity index (χ3v) is 5.05. The molecule has 0 unspecified atom stereocenters. The number of aliphatic hydroxyl groups excluding tert-OH is 2. The smallest absolute Gasteiger partial charge is 0.379 e. The van der Waals surface area contributed by atoms with Gasteiger partial charge in [0.2, 0.25) is 0 Å². The maximum Gasteiger partial charge on any atom is 0.379 e. The van der Waals surface area contributed by atoms with Crippen LogP contribution in [0.1, 0.15) is 12.8 Å². The van der Waals surface area contributed by atoms with Crippen molar-refractivity contribution < 1.29 is 106 Å². The average molecular weight is 682 g/mol. The summed E-state index contributed by atoms with van der Waals surface area (Å²) >= 11 is 0. The maximum atomic E-state index is 12.5. The number of unbranched alkanes of at least 4 members (excludes halogenated alkanes) is 1. The first-order valence-corrected chi connectivity index (χ1v) is 12.4. The van der Waals surface area contributed by atoms with Crippen molar-refractivity contribution >= 4 is 20.2 Å². The van der Waals surface area contributed by atoms with Crippen LogP contribution in [0, 0.1) is 0 Å². The second kappa shape index (κ2) is 14.7. The van der Waals surface area contributed by atoms with Gasteiger partial charge in [-0.1, -0.05) is 0 Å². The van der Waals surface area contributed by atoms with Gasteiger partial charge >= 0.3 is 48.4 Å². The van der Waals surface area contributed by atoms with E-state index in [-0.39, 0.29) is 13.2 Å². The van der Waals surface area contributed by atoms with Crippen molar-refractivity contribution in [1.29, 1.82) is 0 Å². The Morgan fingerprint density at radius 1 is 0.500 bits per heavy atom. The fraction of sp³-hybridized carbons (Fsp3) is 1.00. The highest BCUT2D eigenvalue weighted by atomic mass is 32.2. The van der Waals surface area contributed by atoms with Crippen LogP contribution >= 0.6 is 0 Å². The highest BCUT2D eigenvalue weighted by Gasteiger charge is 2.77. The maximum absolute atomic E-state index is 12.5. The molecule has 0 aromatic rings. The molecule has 0 atom stereocenters. The Hall–Kier alpha value is -1.38. The number of aliphatic hydroxyl groups is 2. The van der Waals surface area contributed by atoms with Gasteiger partial charge in [-0.2, -0.15) is 69.5 Å². The SMILES string of the molecule is O=S(=O)(O)CC(F)(F)C(F)(F)C(F)(F)C(F)F.O=S(=O)(O)CC(F)(F)C(F)(F)C(F)(F)C(F)F.OCCCCO. The Bertz CT molecular complexity index is 892. The molecule has 0 saturated carbocycles. The molecule has 0 heterocycles. The summed E-state index contributed by atoms with van der Waals surface area (Å²) in [5.41, 5.74) is 0. The van der Waals surface area contributed by atoms with Gasteiger partial charge in [-0.3, -0.25) is 9.11 Å². The van der Waals surface area contributed by atoms with E-state index in [2.05, 4.69) is 0 Å². The van der Waals surface area contributed by atoms with Crippen LogP contribution in [0.3, 0.4) is 0 Å². The van der Waals surface area contributed by atoms with Crippen LogP contribution in [0.2, 0.25) is 0 Å². The van der Waals surface area contributed by atoms with Crippen LogP contribution in [-0.4, -0.2) is 109 Å². The topological polar surface area (TPSA) is 149 Å². The first-order chi connectivity index (χ1) is 17.2. The molecule has 0 fully saturated rings. The molecule has 0 aliphatic carbocycles. The first kappa shape index (κ1) is 43.1. The second-order valence-corrected chi connectivity index (χ2v) is 9.92. The molecule has 26 heteroatoms. The monoisotopic (exact) mass is 682 g/mol. The van der Waals surface area contributed by atoms with Gasteiger partial charge < -0.3 is 10.2 Å². The minimum absolute atomic E-state index is 0.195. The largest absolute Gasteiger partial charge is 0.396 e. The van der Waals surface area contributed by atoms with Gasteiger partial charge in [0.1, 0.15) is 11.5 Å². The summed E-state index contributed by atoms with van der Waals surface area (Å²) < 4.78 is 249. The van der Waals surface area contributed by atoms with Crippen LogP contribution in [0.5, 0.6) is 0 Å². The van der Waals surface area contributed by atoms with Crippen molar-refractivity contribution in [2.75, 3.05) is 24.7 Å². The van der Waals surface area contributed by atoms with E-state index in [4.69, 9.17) is 19.3 Å². The summed E-state index contributed by atoms with van der Waals surface area (Å²) in [6.07, 6.45) is -8.83. The zero-order chi connectivity index (χ0) is 33.4. The van der Waals surface area contributed by atoms with Crippen molar-refractivity contribution in [3.8, 4) is 0 Å². The van der Waals surface area contributed by atoms with Crippen molar-refractivity contribution in [2.45, 2.75) is 61.2 Å². The first-order valence-electron chi connectivity index (χ1n) is 9.17. The molecule has 0 bridgehead atoms. The minimum Gasteiger partial charge on any atom is -0.396 e. The Kier molecular flexibility index (Phi) is 15.8. The van der Waals surface area contributed by atoms with Gasteiger partial charge in [-0.25, -0.2) is 17.6 Å². The number of halogens is 16. The second-order valence-electron chi connectivity index (χ2n) is 7.01. The predicted octanol–water partition coefficient (Wildman–Crippen LogP) is 3.84. The minimum atomic E-state index is -6.63. The molecular weight excluding hydrogens is 664 g/mol. The van der Waals surface area contributed by atoms with Crippen LogP contribution < -0.4 is 0 Å². The van der Waals surface area contributed by atoms with Crippen molar-refractivity contribution in [1.82, 2.24) is 0 Å². The van der Waals surface area contributed by atoms with Crippen LogP contribution in [-0.2, 0) is 20.2 Å². The average Bonchev–Trinajstić information content (AvgIpc) is 2.68. The number of rotatable bonds is 13. The molecule has 246 valence electrons. The van der Waals surface area contributed by atoms with Crippen molar-refractivity contribution in [3.63, 3.8) is 0 Å². The van der Waals surface area contributed by atoms with Crippen molar-refractivity contribution in [3.05, 3.63) is 0 Å². The van der Waals surface area contributed by atoms with E-state index in [0.29, 0.717) is 0 Å². The number of hydrogen-bond donors (Lipinski definition) is 4. The quantitative estimate of drug-likeness (QED) is 0.130. The molecular formula is C14H18F16O8S2. The van der Waals surface area contributed by atoms with Crippen LogP contribution in [0.4, 0.5) is 70.2 Å².